The van der Waals surface area contributed by atoms with Gasteiger partial charge in [-0.15, -0.1) is 0 Å². The summed E-state index contributed by atoms with van der Waals surface area (Å²) in [5.41, 5.74) is 0.916. The molecule has 0 bridgehead atoms. The van der Waals surface area contributed by atoms with Crippen molar-refractivity contribution in [1.29, 1.82) is 5.26 Å². The monoisotopic (exact) mass is 396 g/mol. The highest BCUT2D eigenvalue weighted by Gasteiger charge is 2.20. The van der Waals surface area contributed by atoms with Crippen LogP contribution in [0.3, 0.4) is 0 Å². The molecule has 0 fully saturated rings. The van der Waals surface area contributed by atoms with Gasteiger partial charge in [0.1, 0.15) is 17.4 Å². The molecule has 7 heteroatoms. The Hall–Kier alpha value is -3.53. The Labute approximate surface area is 170 Å². The normalized spacial score (nSPS) is 12.1. The zero-order chi connectivity index (χ0) is 21.6. The highest BCUT2D eigenvalue weighted by Crippen LogP contribution is 2.31. The molecule has 1 heterocycles. The molecular formula is C22H24N2O5. The van der Waals surface area contributed by atoms with Crippen LogP contribution in [-0.4, -0.2) is 43.4 Å². The van der Waals surface area contributed by atoms with Crippen LogP contribution in [-0.2, 0) is 4.79 Å². The molecule has 0 unspecified atom stereocenters. The number of allylic oxidation sites excluding steroid dienone is 1. The molecule has 0 saturated carbocycles. The van der Waals surface area contributed by atoms with E-state index in [0.717, 1.165) is 0 Å². The third-order valence-corrected chi connectivity index (χ3v) is 4.14. The van der Waals surface area contributed by atoms with Crippen LogP contribution in [0.25, 0.3) is 6.08 Å². The van der Waals surface area contributed by atoms with E-state index in [-0.39, 0.29) is 11.5 Å². The summed E-state index contributed by atoms with van der Waals surface area (Å²) in [7, 11) is 3.31. The predicted octanol–water partition coefficient (Wildman–Crippen LogP) is 3.63. The number of ketones is 1. The summed E-state index contributed by atoms with van der Waals surface area (Å²) < 4.78 is 16.5. The van der Waals surface area contributed by atoms with Crippen LogP contribution < -0.4 is 9.47 Å². The van der Waals surface area contributed by atoms with Gasteiger partial charge in [-0.3, -0.25) is 9.59 Å². The predicted molar refractivity (Wildman–Crippen MR) is 108 cm³/mol. The Morgan fingerprint density at radius 1 is 1.28 bits per heavy atom. The summed E-state index contributed by atoms with van der Waals surface area (Å²) >= 11 is 0. The van der Waals surface area contributed by atoms with Crippen molar-refractivity contribution >= 4 is 17.8 Å². The van der Waals surface area contributed by atoms with Gasteiger partial charge in [0, 0.05) is 14.1 Å². The minimum atomic E-state index is -0.689. The van der Waals surface area contributed by atoms with Crippen molar-refractivity contribution < 1.29 is 23.5 Å². The van der Waals surface area contributed by atoms with E-state index >= 15 is 0 Å². The van der Waals surface area contributed by atoms with Crippen LogP contribution >= 0.6 is 0 Å². The van der Waals surface area contributed by atoms with E-state index in [1.165, 1.54) is 23.3 Å². The summed E-state index contributed by atoms with van der Waals surface area (Å²) in [6, 6.07) is 8.48. The number of hydrogen-bond acceptors (Lipinski definition) is 6. The highest BCUT2D eigenvalue weighted by atomic mass is 16.5. The Balaban J connectivity index is 2.34. The van der Waals surface area contributed by atoms with E-state index < -0.39 is 11.9 Å². The number of benzene rings is 1. The first-order valence-electron chi connectivity index (χ1n) is 9.13. The maximum atomic E-state index is 12.6. The highest BCUT2D eigenvalue weighted by molar-refractivity contribution is 6.14. The molecule has 2 aromatic rings. The fourth-order valence-electron chi connectivity index (χ4n) is 2.67. The topological polar surface area (TPSA) is 92.8 Å². The number of rotatable bonds is 8. The van der Waals surface area contributed by atoms with Gasteiger partial charge >= 0.3 is 0 Å². The summed E-state index contributed by atoms with van der Waals surface area (Å²) in [6.07, 6.45) is 2.20. The fraction of sp³-hybridized carbons (Fsp3) is 0.318. The average molecular weight is 396 g/mol. The minimum absolute atomic E-state index is 0.0261. The van der Waals surface area contributed by atoms with Gasteiger partial charge < -0.3 is 18.8 Å². The molecule has 29 heavy (non-hydrogen) atoms. The fourth-order valence-corrected chi connectivity index (χ4v) is 2.67. The van der Waals surface area contributed by atoms with Gasteiger partial charge in [0.2, 0.25) is 5.78 Å². The molecule has 0 aliphatic rings. The molecule has 2 rings (SSSR count). The van der Waals surface area contributed by atoms with Crippen LogP contribution in [0.2, 0.25) is 0 Å². The van der Waals surface area contributed by atoms with Crippen molar-refractivity contribution in [2.75, 3.05) is 20.7 Å². The minimum Gasteiger partial charge on any atom is -0.490 e. The largest absolute Gasteiger partial charge is 0.490 e. The first kappa shape index (κ1) is 21.8. The Bertz CT molecular complexity index is 966. The van der Waals surface area contributed by atoms with Crippen molar-refractivity contribution in [3.63, 3.8) is 0 Å². The number of nitrogens with zero attached hydrogens (tertiary/aromatic N) is 2. The number of hydrogen-bond donors (Lipinski definition) is 0. The molecule has 7 nitrogen and oxygen atoms in total. The van der Waals surface area contributed by atoms with Gasteiger partial charge in [-0.1, -0.05) is 6.07 Å². The Morgan fingerprint density at radius 3 is 2.55 bits per heavy atom. The van der Waals surface area contributed by atoms with Crippen molar-refractivity contribution in [3.05, 3.63) is 53.0 Å². The van der Waals surface area contributed by atoms with Gasteiger partial charge in [0.05, 0.1) is 18.4 Å². The van der Waals surface area contributed by atoms with Crippen molar-refractivity contribution in [2.45, 2.75) is 26.9 Å². The lowest BCUT2D eigenvalue weighted by molar-refractivity contribution is -0.135. The first-order chi connectivity index (χ1) is 13.8. The van der Waals surface area contributed by atoms with Gasteiger partial charge in [-0.05, 0) is 50.6 Å². The number of ether oxygens (including phenoxy) is 2. The molecule has 0 radical (unpaired) electrons. The standard InChI is InChI=1S/C22H24N2O5/c1-6-27-20-12-16(7-8-19(20)29-15(3)22(26)24(4)5)11-17(13-23)21(25)18-9-10-28-14(18)2/h7-12,15H,6H2,1-5H3/b17-11+/t15-/m0/s1. The number of likely N-dealkylation sites (N-methyl/N-ethyl adjacent to an activating group) is 1. The number of aryl methyl sites for hydroxylation is 1. The van der Waals surface area contributed by atoms with E-state index in [2.05, 4.69) is 0 Å². The third-order valence-electron chi connectivity index (χ3n) is 4.14. The van der Waals surface area contributed by atoms with Crippen LogP contribution in [0.5, 0.6) is 11.5 Å². The smallest absolute Gasteiger partial charge is 0.262 e. The zero-order valence-corrected chi connectivity index (χ0v) is 17.2. The molecule has 1 aromatic heterocycles. The first-order valence-corrected chi connectivity index (χ1v) is 9.13. The second kappa shape index (κ2) is 9.60. The van der Waals surface area contributed by atoms with E-state index in [1.807, 2.05) is 13.0 Å². The maximum absolute atomic E-state index is 12.6. The van der Waals surface area contributed by atoms with Crippen LogP contribution in [0.15, 0.2) is 40.5 Å². The summed E-state index contributed by atoms with van der Waals surface area (Å²) in [6.45, 7) is 5.54. The number of amides is 1. The Kier molecular flexibility index (Phi) is 7.21. The number of carbonyl (C=O) groups is 2. The molecule has 1 atom stereocenters. The van der Waals surface area contributed by atoms with Crippen LogP contribution in [0.1, 0.15) is 35.5 Å². The average Bonchev–Trinajstić information content (AvgIpc) is 3.12. The lowest BCUT2D eigenvalue weighted by Gasteiger charge is -2.20. The molecule has 0 saturated heterocycles. The van der Waals surface area contributed by atoms with Gasteiger partial charge in [0.15, 0.2) is 17.6 Å². The molecule has 0 spiro atoms. The van der Waals surface area contributed by atoms with Crippen molar-refractivity contribution in [3.8, 4) is 17.6 Å². The second-order valence-corrected chi connectivity index (χ2v) is 6.52. The third kappa shape index (κ3) is 5.26. The molecule has 1 aromatic carbocycles. The van der Waals surface area contributed by atoms with Crippen molar-refractivity contribution in [2.24, 2.45) is 0 Å². The van der Waals surface area contributed by atoms with Gasteiger partial charge in [-0.2, -0.15) is 5.26 Å². The van der Waals surface area contributed by atoms with Crippen LogP contribution in [0.4, 0.5) is 0 Å². The van der Waals surface area contributed by atoms with Gasteiger partial charge in [-0.25, -0.2) is 0 Å². The van der Waals surface area contributed by atoms with E-state index in [1.54, 1.807) is 46.1 Å². The lowest BCUT2D eigenvalue weighted by atomic mass is 10.0. The molecule has 0 aliphatic carbocycles. The summed E-state index contributed by atoms with van der Waals surface area (Å²) in [4.78, 5) is 26.1. The SMILES string of the molecule is CCOc1cc(/C=C(\C#N)C(=O)c2ccoc2C)ccc1O[C@@H](C)C(=O)N(C)C. The second-order valence-electron chi connectivity index (χ2n) is 6.52. The number of nitriles is 1. The lowest BCUT2D eigenvalue weighted by Crippen LogP contribution is -2.35. The molecule has 0 aliphatic heterocycles. The van der Waals surface area contributed by atoms with Crippen LogP contribution in [0, 0.1) is 18.3 Å². The van der Waals surface area contributed by atoms with Crippen molar-refractivity contribution in [1.82, 2.24) is 4.90 Å². The summed E-state index contributed by atoms with van der Waals surface area (Å²) in [5, 5.41) is 9.44. The summed E-state index contributed by atoms with van der Waals surface area (Å²) in [5.74, 6) is 0.687. The molecule has 0 N–H and O–H groups in total. The molecule has 1 amide bonds. The molecular weight excluding hydrogens is 372 g/mol. The Morgan fingerprint density at radius 2 is 2.00 bits per heavy atom. The van der Waals surface area contributed by atoms with E-state index in [9.17, 15) is 14.9 Å². The maximum Gasteiger partial charge on any atom is 0.262 e. The number of carbonyl (C=O) groups excluding carboxylic acids is 2. The van der Waals surface area contributed by atoms with Gasteiger partial charge in [0.25, 0.3) is 5.91 Å². The van der Waals surface area contributed by atoms with E-state index in [0.29, 0.717) is 35.0 Å². The quantitative estimate of drug-likeness (QED) is 0.384. The molecule has 152 valence electrons. The number of furan rings is 1. The zero-order valence-electron chi connectivity index (χ0n) is 17.2. The van der Waals surface area contributed by atoms with E-state index in [4.69, 9.17) is 13.9 Å². The number of Topliss-reactive ketones (excluding diaryl/α,β-unsaturated/α-hetero) is 1.